The summed E-state index contributed by atoms with van der Waals surface area (Å²) in [5.74, 6) is -0.322. The van der Waals surface area contributed by atoms with E-state index in [0.29, 0.717) is 12.1 Å². The van der Waals surface area contributed by atoms with Gasteiger partial charge in [-0.2, -0.15) is 0 Å². The summed E-state index contributed by atoms with van der Waals surface area (Å²) in [6, 6.07) is 22.2. The van der Waals surface area contributed by atoms with E-state index in [1.54, 1.807) is 4.90 Å². The number of hydrogen-bond donors (Lipinski definition) is 1. The summed E-state index contributed by atoms with van der Waals surface area (Å²) in [5, 5.41) is 3.01. The molecule has 1 atom stereocenters. The molecule has 0 aromatic heterocycles. The van der Waals surface area contributed by atoms with E-state index in [2.05, 4.69) is 11.4 Å². The molecule has 4 nitrogen and oxygen atoms in total. The molecule has 1 aliphatic rings. The van der Waals surface area contributed by atoms with Gasteiger partial charge in [-0.25, -0.2) is 0 Å². The van der Waals surface area contributed by atoms with Gasteiger partial charge >= 0.3 is 0 Å². The van der Waals surface area contributed by atoms with Crippen LogP contribution in [0.15, 0.2) is 72.8 Å². The first-order valence-electron chi connectivity index (χ1n) is 9.36. The van der Waals surface area contributed by atoms with Gasteiger partial charge in [-0.05, 0) is 54.3 Å². The fraction of sp³-hybridized carbons (Fsp3) is 0.167. The van der Waals surface area contributed by atoms with Crippen molar-refractivity contribution in [1.29, 1.82) is 0 Å². The van der Waals surface area contributed by atoms with Gasteiger partial charge in [0, 0.05) is 17.8 Å². The Kier molecular flexibility index (Phi) is 4.70. The second kappa shape index (κ2) is 7.31. The first-order valence-corrected chi connectivity index (χ1v) is 9.36. The van der Waals surface area contributed by atoms with Gasteiger partial charge in [0.15, 0.2) is 0 Å². The zero-order chi connectivity index (χ0) is 19.7. The van der Waals surface area contributed by atoms with Crippen molar-refractivity contribution in [3.8, 4) is 0 Å². The Hall–Kier alpha value is -3.40. The van der Waals surface area contributed by atoms with E-state index in [1.807, 2.05) is 80.6 Å². The molecule has 2 amide bonds. The monoisotopic (exact) mass is 370 g/mol. The Morgan fingerprint density at radius 1 is 0.929 bits per heavy atom. The highest BCUT2D eigenvalue weighted by atomic mass is 16.2. The van der Waals surface area contributed by atoms with Crippen LogP contribution in [0.5, 0.6) is 0 Å². The van der Waals surface area contributed by atoms with Crippen LogP contribution in [0.25, 0.3) is 0 Å². The number of amides is 2. The SMILES string of the molecule is Cc1cc(C)cc(NC(=O)C(c2ccccc2)N2Cc3ccccc3C2=O)c1. The fourth-order valence-corrected chi connectivity index (χ4v) is 3.85. The van der Waals surface area contributed by atoms with E-state index in [9.17, 15) is 9.59 Å². The molecule has 3 aromatic carbocycles. The average molecular weight is 370 g/mol. The molecule has 28 heavy (non-hydrogen) atoms. The van der Waals surface area contributed by atoms with E-state index in [4.69, 9.17) is 0 Å². The normalized spacial score (nSPS) is 13.9. The van der Waals surface area contributed by atoms with Gasteiger partial charge in [0.2, 0.25) is 0 Å². The van der Waals surface area contributed by atoms with Crippen molar-refractivity contribution in [3.63, 3.8) is 0 Å². The van der Waals surface area contributed by atoms with Crippen molar-refractivity contribution in [2.75, 3.05) is 5.32 Å². The van der Waals surface area contributed by atoms with Crippen molar-refractivity contribution in [3.05, 3.63) is 101 Å². The molecule has 1 unspecified atom stereocenters. The summed E-state index contributed by atoms with van der Waals surface area (Å²) >= 11 is 0. The highest BCUT2D eigenvalue weighted by Gasteiger charge is 2.37. The van der Waals surface area contributed by atoms with Crippen molar-refractivity contribution >= 4 is 17.5 Å². The molecular formula is C24H22N2O2. The lowest BCUT2D eigenvalue weighted by Crippen LogP contribution is -2.37. The van der Waals surface area contributed by atoms with Crippen LogP contribution >= 0.6 is 0 Å². The van der Waals surface area contributed by atoms with Crippen LogP contribution in [0.4, 0.5) is 5.69 Å². The third kappa shape index (κ3) is 3.41. The Labute approximate surface area is 164 Å². The number of nitrogens with zero attached hydrogens (tertiary/aromatic N) is 1. The van der Waals surface area contributed by atoms with Gasteiger partial charge in [-0.15, -0.1) is 0 Å². The number of aryl methyl sites for hydroxylation is 2. The van der Waals surface area contributed by atoms with Crippen molar-refractivity contribution < 1.29 is 9.59 Å². The van der Waals surface area contributed by atoms with Crippen molar-refractivity contribution in [2.45, 2.75) is 26.4 Å². The lowest BCUT2D eigenvalue weighted by molar-refractivity contribution is -0.120. The van der Waals surface area contributed by atoms with Gasteiger partial charge in [-0.1, -0.05) is 54.6 Å². The summed E-state index contributed by atoms with van der Waals surface area (Å²) < 4.78 is 0. The number of rotatable bonds is 4. The summed E-state index contributed by atoms with van der Waals surface area (Å²) in [6.07, 6.45) is 0. The largest absolute Gasteiger partial charge is 0.324 e. The van der Waals surface area contributed by atoms with E-state index in [0.717, 1.165) is 27.9 Å². The minimum Gasteiger partial charge on any atom is -0.324 e. The number of hydrogen-bond acceptors (Lipinski definition) is 2. The maximum atomic E-state index is 13.3. The van der Waals surface area contributed by atoms with Crippen molar-refractivity contribution in [2.24, 2.45) is 0 Å². The Bertz CT molecular complexity index is 1020. The molecule has 0 saturated carbocycles. The first kappa shape index (κ1) is 18.0. The van der Waals surface area contributed by atoms with Crippen LogP contribution < -0.4 is 5.32 Å². The third-order valence-corrected chi connectivity index (χ3v) is 5.01. The second-order valence-corrected chi connectivity index (χ2v) is 7.27. The molecule has 0 spiro atoms. The predicted molar refractivity (Wildman–Crippen MR) is 110 cm³/mol. The Morgan fingerprint density at radius 3 is 2.25 bits per heavy atom. The summed E-state index contributed by atoms with van der Waals surface area (Å²) in [6.45, 7) is 4.42. The number of nitrogens with one attached hydrogen (secondary N) is 1. The molecule has 0 radical (unpaired) electrons. The fourth-order valence-electron chi connectivity index (χ4n) is 3.85. The highest BCUT2D eigenvalue weighted by Crippen LogP contribution is 2.32. The number of anilines is 1. The Morgan fingerprint density at radius 2 is 1.57 bits per heavy atom. The zero-order valence-electron chi connectivity index (χ0n) is 16.0. The van der Waals surface area contributed by atoms with Crippen LogP contribution in [0.1, 0.15) is 38.7 Å². The molecule has 1 heterocycles. The molecule has 3 aromatic rings. The van der Waals surface area contributed by atoms with Crippen molar-refractivity contribution in [1.82, 2.24) is 4.90 Å². The lowest BCUT2D eigenvalue weighted by Gasteiger charge is -2.27. The maximum absolute atomic E-state index is 13.3. The zero-order valence-corrected chi connectivity index (χ0v) is 16.0. The summed E-state index contributed by atoms with van der Waals surface area (Å²) in [7, 11) is 0. The van der Waals surface area contributed by atoms with Crippen LogP contribution in [0.2, 0.25) is 0 Å². The minimum atomic E-state index is -0.693. The Balaban J connectivity index is 1.69. The van der Waals surface area contributed by atoms with Crippen LogP contribution in [0, 0.1) is 13.8 Å². The van der Waals surface area contributed by atoms with E-state index < -0.39 is 6.04 Å². The van der Waals surface area contributed by atoms with Gasteiger partial charge in [0.1, 0.15) is 6.04 Å². The standard InChI is InChI=1S/C24H22N2O2/c1-16-12-17(2)14-20(13-16)25-23(27)22(18-8-4-3-5-9-18)26-15-19-10-6-7-11-21(19)24(26)28/h3-14,22H,15H2,1-2H3,(H,25,27). The molecule has 0 saturated heterocycles. The molecule has 0 aliphatic carbocycles. The maximum Gasteiger partial charge on any atom is 0.255 e. The molecule has 4 rings (SSSR count). The third-order valence-electron chi connectivity index (χ3n) is 5.01. The quantitative estimate of drug-likeness (QED) is 0.727. The number of carbonyl (C=O) groups is 2. The van der Waals surface area contributed by atoms with Crippen LogP contribution in [0.3, 0.4) is 0 Å². The molecule has 0 fully saturated rings. The number of fused-ring (bicyclic) bond motifs is 1. The average Bonchev–Trinajstić information content (AvgIpc) is 2.99. The van der Waals surface area contributed by atoms with E-state index >= 15 is 0 Å². The van der Waals surface area contributed by atoms with Gasteiger partial charge in [0.05, 0.1) is 0 Å². The van der Waals surface area contributed by atoms with Gasteiger partial charge in [-0.3, -0.25) is 9.59 Å². The molecule has 140 valence electrons. The number of benzene rings is 3. The van der Waals surface area contributed by atoms with E-state index in [1.165, 1.54) is 0 Å². The molecule has 4 heteroatoms. The summed E-state index contributed by atoms with van der Waals surface area (Å²) in [4.78, 5) is 28.0. The van der Waals surface area contributed by atoms with E-state index in [-0.39, 0.29) is 11.8 Å². The predicted octanol–water partition coefficient (Wildman–Crippen LogP) is 4.64. The molecule has 1 aliphatic heterocycles. The van der Waals surface area contributed by atoms with Crippen LogP contribution in [-0.2, 0) is 11.3 Å². The molecule has 0 bridgehead atoms. The minimum absolute atomic E-state index is 0.111. The van der Waals surface area contributed by atoms with Crippen LogP contribution in [-0.4, -0.2) is 16.7 Å². The number of carbonyl (C=O) groups excluding carboxylic acids is 2. The topological polar surface area (TPSA) is 49.4 Å². The lowest BCUT2D eigenvalue weighted by atomic mass is 10.0. The molecular weight excluding hydrogens is 348 g/mol. The first-order chi connectivity index (χ1) is 13.5. The second-order valence-electron chi connectivity index (χ2n) is 7.27. The highest BCUT2D eigenvalue weighted by molar-refractivity contribution is 6.04. The van der Waals surface area contributed by atoms with Gasteiger partial charge in [0.25, 0.3) is 11.8 Å². The smallest absolute Gasteiger partial charge is 0.255 e. The van der Waals surface area contributed by atoms with Gasteiger partial charge < -0.3 is 10.2 Å². The molecule has 1 N–H and O–H groups in total. The summed E-state index contributed by atoms with van der Waals surface area (Å²) in [5.41, 5.74) is 5.32.